The summed E-state index contributed by atoms with van der Waals surface area (Å²) >= 11 is 0. The van der Waals surface area contributed by atoms with Gasteiger partial charge in [0.05, 0.1) is 18.4 Å². The molecule has 1 N–H and O–H groups in total. The predicted molar refractivity (Wildman–Crippen MR) is 88.0 cm³/mol. The van der Waals surface area contributed by atoms with Crippen LogP contribution in [0.2, 0.25) is 0 Å². The number of hydrogen-bond acceptors (Lipinski definition) is 4. The van der Waals surface area contributed by atoms with Gasteiger partial charge in [0.15, 0.2) is 0 Å². The number of methoxy groups -OCH3 is 1. The van der Waals surface area contributed by atoms with Gasteiger partial charge in [-0.15, -0.1) is 0 Å². The van der Waals surface area contributed by atoms with Crippen molar-refractivity contribution in [3.63, 3.8) is 0 Å². The van der Waals surface area contributed by atoms with E-state index in [1.54, 1.807) is 24.5 Å². The van der Waals surface area contributed by atoms with Crippen molar-refractivity contribution in [1.29, 1.82) is 0 Å². The smallest absolute Gasteiger partial charge is 0.338 e. The van der Waals surface area contributed by atoms with Crippen LogP contribution in [0, 0.1) is 0 Å². The minimum Gasteiger partial charge on any atom is -0.465 e. The molecule has 0 amide bonds. The van der Waals surface area contributed by atoms with Crippen molar-refractivity contribution in [1.82, 2.24) is 15.0 Å². The van der Waals surface area contributed by atoms with Crippen LogP contribution in [0.5, 0.6) is 0 Å². The van der Waals surface area contributed by atoms with Crippen molar-refractivity contribution >= 4 is 5.97 Å². The number of nitrogens with one attached hydrogen (secondary N) is 1. The molecule has 0 saturated heterocycles. The zero-order valence-electron chi connectivity index (χ0n) is 13.0. The van der Waals surface area contributed by atoms with Gasteiger partial charge in [-0.3, -0.25) is 4.98 Å². The number of aromatic amines is 1. The summed E-state index contributed by atoms with van der Waals surface area (Å²) in [6.07, 6.45) is 4.32. The molecule has 0 atom stereocenters. The van der Waals surface area contributed by atoms with Gasteiger partial charge in [0.2, 0.25) is 0 Å². The number of carbonyl (C=O) groups is 1. The molecular formula is C18H17N3O2. The van der Waals surface area contributed by atoms with Gasteiger partial charge in [-0.25, -0.2) is 9.78 Å². The van der Waals surface area contributed by atoms with Gasteiger partial charge in [-0.1, -0.05) is 25.1 Å². The van der Waals surface area contributed by atoms with E-state index in [1.165, 1.54) is 7.11 Å². The number of imidazole rings is 1. The van der Waals surface area contributed by atoms with Crippen LogP contribution in [0.25, 0.3) is 22.6 Å². The summed E-state index contributed by atoms with van der Waals surface area (Å²) in [5.41, 5.74) is 4.03. The Labute approximate surface area is 134 Å². The Balaban J connectivity index is 2.13. The van der Waals surface area contributed by atoms with Gasteiger partial charge in [-0.05, 0) is 24.6 Å². The Hall–Kier alpha value is -2.95. The summed E-state index contributed by atoms with van der Waals surface area (Å²) in [6.45, 7) is 2.06. The quantitative estimate of drug-likeness (QED) is 0.749. The molecule has 0 unspecified atom stereocenters. The van der Waals surface area contributed by atoms with E-state index in [-0.39, 0.29) is 5.97 Å². The Kier molecular flexibility index (Phi) is 4.19. The van der Waals surface area contributed by atoms with E-state index in [1.807, 2.05) is 24.3 Å². The number of hydrogen-bond donors (Lipinski definition) is 1. The Morgan fingerprint density at radius 1 is 1.22 bits per heavy atom. The number of carbonyl (C=O) groups excluding carboxylic acids is 1. The fourth-order valence-corrected chi connectivity index (χ4v) is 2.51. The maximum atomic E-state index is 12.0. The highest BCUT2D eigenvalue weighted by molar-refractivity contribution is 5.96. The molecule has 23 heavy (non-hydrogen) atoms. The van der Waals surface area contributed by atoms with Gasteiger partial charge < -0.3 is 9.72 Å². The second-order valence-corrected chi connectivity index (χ2v) is 5.04. The van der Waals surface area contributed by atoms with Gasteiger partial charge >= 0.3 is 5.97 Å². The van der Waals surface area contributed by atoms with Crippen LogP contribution >= 0.6 is 0 Å². The summed E-state index contributed by atoms with van der Waals surface area (Å²) in [6, 6.07) is 11.1. The molecule has 0 fully saturated rings. The highest BCUT2D eigenvalue weighted by Crippen LogP contribution is 2.28. The van der Waals surface area contributed by atoms with E-state index in [0.717, 1.165) is 28.9 Å². The summed E-state index contributed by atoms with van der Waals surface area (Å²) in [7, 11) is 1.37. The SMILES string of the molecule is CCc1[nH]c(-c2ccccc2C(=O)OC)nc1-c1cccnc1. The van der Waals surface area contributed by atoms with Crippen molar-refractivity contribution in [2.24, 2.45) is 0 Å². The minimum atomic E-state index is -0.377. The molecule has 5 nitrogen and oxygen atoms in total. The van der Waals surface area contributed by atoms with Crippen LogP contribution in [0.3, 0.4) is 0 Å². The largest absolute Gasteiger partial charge is 0.465 e. The molecule has 0 saturated carbocycles. The summed E-state index contributed by atoms with van der Waals surface area (Å²) < 4.78 is 4.86. The van der Waals surface area contributed by atoms with Crippen molar-refractivity contribution in [3.05, 3.63) is 60.0 Å². The van der Waals surface area contributed by atoms with Crippen molar-refractivity contribution in [2.45, 2.75) is 13.3 Å². The number of esters is 1. The van der Waals surface area contributed by atoms with Crippen LogP contribution in [0.15, 0.2) is 48.8 Å². The van der Waals surface area contributed by atoms with Crippen LogP contribution in [0.4, 0.5) is 0 Å². The monoisotopic (exact) mass is 307 g/mol. The summed E-state index contributed by atoms with van der Waals surface area (Å²) in [5.74, 6) is 0.277. The van der Waals surface area contributed by atoms with Crippen LogP contribution in [-0.4, -0.2) is 28.0 Å². The third kappa shape index (κ3) is 2.85. The summed E-state index contributed by atoms with van der Waals surface area (Å²) in [4.78, 5) is 24.1. The molecule has 116 valence electrons. The lowest BCUT2D eigenvalue weighted by Crippen LogP contribution is -2.03. The van der Waals surface area contributed by atoms with Crippen LogP contribution in [-0.2, 0) is 11.2 Å². The molecule has 5 heteroatoms. The number of ether oxygens (including phenoxy) is 1. The minimum absolute atomic E-state index is 0.377. The number of rotatable bonds is 4. The van der Waals surface area contributed by atoms with Crippen molar-refractivity contribution < 1.29 is 9.53 Å². The number of H-pyrrole nitrogens is 1. The van der Waals surface area contributed by atoms with Gasteiger partial charge in [0, 0.05) is 29.2 Å². The number of benzene rings is 1. The maximum absolute atomic E-state index is 12.0. The fourth-order valence-electron chi connectivity index (χ4n) is 2.51. The number of pyridine rings is 1. The third-order valence-electron chi connectivity index (χ3n) is 3.65. The molecule has 0 aliphatic rings. The third-order valence-corrected chi connectivity index (χ3v) is 3.65. The topological polar surface area (TPSA) is 67.9 Å². The lowest BCUT2D eigenvalue weighted by Gasteiger charge is -2.04. The number of aryl methyl sites for hydroxylation is 1. The van der Waals surface area contributed by atoms with E-state index in [4.69, 9.17) is 9.72 Å². The molecule has 0 aliphatic heterocycles. The Morgan fingerprint density at radius 2 is 2.04 bits per heavy atom. The first-order valence-electron chi connectivity index (χ1n) is 7.41. The molecule has 2 aromatic heterocycles. The van der Waals surface area contributed by atoms with Crippen LogP contribution < -0.4 is 0 Å². The fraction of sp³-hybridized carbons (Fsp3) is 0.167. The maximum Gasteiger partial charge on any atom is 0.338 e. The van der Waals surface area contributed by atoms with Crippen molar-refractivity contribution in [3.8, 4) is 22.6 Å². The lowest BCUT2D eigenvalue weighted by atomic mass is 10.1. The average molecular weight is 307 g/mol. The lowest BCUT2D eigenvalue weighted by molar-refractivity contribution is 0.0601. The average Bonchev–Trinajstić information content (AvgIpc) is 3.06. The van der Waals surface area contributed by atoms with Gasteiger partial charge in [0.1, 0.15) is 5.82 Å². The molecular weight excluding hydrogens is 290 g/mol. The number of nitrogens with zero attached hydrogens (tertiary/aromatic N) is 2. The molecule has 3 aromatic rings. The molecule has 0 spiro atoms. The Bertz CT molecular complexity index is 825. The first kappa shape index (κ1) is 15.0. The second-order valence-electron chi connectivity index (χ2n) is 5.04. The highest BCUT2D eigenvalue weighted by Gasteiger charge is 2.18. The molecule has 0 bridgehead atoms. The second kappa shape index (κ2) is 6.44. The zero-order chi connectivity index (χ0) is 16.2. The van der Waals surface area contributed by atoms with Gasteiger partial charge in [0.25, 0.3) is 0 Å². The molecule has 0 aliphatic carbocycles. The normalized spacial score (nSPS) is 10.5. The molecule has 2 heterocycles. The molecule has 0 radical (unpaired) electrons. The van der Waals surface area contributed by atoms with E-state index >= 15 is 0 Å². The summed E-state index contributed by atoms with van der Waals surface area (Å²) in [5, 5.41) is 0. The van der Waals surface area contributed by atoms with Crippen LogP contribution in [0.1, 0.15) is 23.0 Å². The predicted octanol–water partition coefficient (Wildman–Crippen LogP) is 3.49. The Morgan fingerprint density at radius 3 is 2.74 bits per heavy atom. The van der Waals surface area contributed by atoms with Gasteiger partial charge in [-0.2, -0.15) is 0 Å². The van der Waals surface area contributed by atoms with E-state index < -0.39 is 0 Å². The zero-order valence-corrected chi connectivity index (χ0v) is 13.0. The van der Waals surface area contributed by atoms with E-state index in [9.17, 15) is 4.79 Å². The molecule has 3 rings (SSSR count). The number of aromatic nitrogens is 3. The van der Waals surface area contributed by atoms with E-state index in [0.29, 0.717) is 11.4 Å². The van der Waals surface area contributed by atoms with E-state index in [2.05, 4.69) is 16.9 Å². The first-order chi connectivity index (χ1) is 11.2. The highest BCUT2D eigenvalue weighted by atomic mass is 16.5. The standard InChI is InChI=1S/C18H17N3O2/c1-3-15-16(12-7-6-10-19-11-12)21-17(20-15)13-8-4-5-9-14(13)18(22)23-2/h4-11H,3H2,1-2H3,(H,20,21). The molecule has 1 aromatic carbocycles. The first-order valence-corrected chi connectivity index (χ1v) is 7.41. The van der Waals surface area contributed by atoms with Crippen molar-refractivity contribution in [2.75, 3.05) is 7.11 Å².